The minimum absolute atomic E-state index is 0.0384. The highest BCUT2D eigenvalue weighted by Gasteiger charge is 2.42. The number of ether oxygens (including phenoxy) is 1. The average molecular weight is 474 g/mol. The Morgan fingerprint density at radius 3 is 2.88 bits per heavy atom. The van der Waals surface area contributed by atoms with Gasteiger partial charge in [-0.1, -0.05) is 32.0 Å². The minimum atomic E-state index is -1.08. The molecule has 2 aromatic rings. The second kappa shape index (κ2) is 12.6. The summed E-state index contributed by atoms with van der Waals surface area (Å²) < 4.78 is 11.1. The first-order valence-electron chi connectivity index (χ1n) is 12.8. The number of hydrogen-bond acceptors (Lipinski definition) is 5. The lowest BCUT2D eigenvalue weighted by Crippen LogP contribution is -2.53. The molecule has 1 fully saturated rings. The Balaban J connectivity index is 1.80. The number of piperidine rings is 1. The van der Waals surface area contributed by atoms with Crippen LogP contribution in [-0.2, 0) is 10.3 Å². The second-order valence-corrected chi connectivity index (χ2v) is 10.1. The van der Waals surface area contributed by atoms with Gasteiger partial charge in [0.2, 0.25) is 0 Å². The van der Waals surface area contributed by atoms with E-state index >= 15 is 0 Å². The van der Waals surface area contributed by atoms with Crippen LogP contribution in [0, 0.1) is 11.8 Å². The maximum atomic E-state index is 13.2. The van der Waals surface area contributed by atoms with Crippen molar-refractivity contribution in [2.45, 2.75) is 64.0 Å². The molecule has 7 heteroatoms. The number of nitrogens with zero attached hydrogens (tertiary/aromatic N) is 1. The molecule has 0 radical (unpaired) electrons. The molecular formula is C27H43N3O4. The van der Waals surface area contributed by atoms with Crippen molar-refractivity contribution in [3.8, 4) is 0 Å². The third kappa shape index (κ3) is 6.52. The number of fused-ring (bicyclic) bond motifs is 1. The number of amides is 2. The Labute approximate surface area is 204 Å². The smallest absolute Gasteiger partial charge is 0.317 e. The van der Waals surface area contributed by atoms with Gasteiger partial charge >= 0.3 is 6.03 Å². The fourth-order valence-electron chi connectivity index (χ4n) is 5.36. The molecule has 1 aliphatic rings. The number of methoxy groups -OCH3 is 1. The predicted molar refractivity (Wildman–Crippen MR) is 136 cm³/mol. The van der Waals surface area contributed by atoms with Crippen LogP contribution in [0.3, 0.4) is 0 Å². The number of furan rings is 1. The van der Waals surface area contributed by atoms with E-state index in [-0.39, 0.29) is 18.0 Å². The number of rotatable bonds is 12. The maximum absolute atomic E-state index is 13.2. The van der Waals surface area contributed by atoms with Crippen LogP contribution in [0.2, 0.25) is 0 Å². The molecule has 0 saturated carbocycles. The lowest BCUT2D eigenvalue weighted by molar-refractivity contribution is -0.0558. The summed E-state index contributed by atoms with van der Waals surface area (Å²) in [4.78, 5) is 15.1. The van der Waals surface area contributed by atoms with Crippen molar-refractivity contribution < 1.29 is 19.1 Å². The topological polar surface area (TPSA) is 87.0 Å². The third-order valence-electron chi connectivity index (χ3n) is 7.02. The summed E-state index contributed by atoms with van der Waals surface area (Å²) in [5.74, 6) is 0.428. The van der Waals surface area contributed by atoms with Crippen LogP contribution in [0.1, 0.15) is 57.9 Å². The van der Waals surface area contributed by atoms with Gasteiger partial charge in [-0.25, -0.2) is 4.79 Å². The molecule has 3 rings (SSSR count). The summed E-state index contributed by atoms with van der Waals surface area (Å²) in [6, 6.07) is 7.94. The molecule has 0 bridgehead atoms. The SMILES string of the molecule is CNC[C@H](CC(C)C)NC(=O)N1CCC[C@@H]([C@@](O)(CCCCOC)c2cccc3ccoc23)C1. The van der Waals surface area contributed by atoms with E-state index in [0.29, 0.717) is 32.0 Å². The van der Waals surface area contributed by atoms with Crippen molar-refractivity contribution >= 4 is 17.0 Å². The van der Waals surface area contributed by atoms with Gasteiger partial charge in [0.05, 0.1) is 11.9 Å². The van der Waals surface area contributed by atoms with Crippen LogP contribution in [-0.4, -0.2) is 62.5 Å². The second-order valence-electron chi connectivity index (χ2n) is 10.1. The molecule has 7 nitrogen and oxygen atoms in total. The first-order chi connectivity index (χ1) is 16.4. The molecule has 3 N–H and O–H groups in total. The van der Waals surface area contributed by atoms with Crippen molar-refractivity contribution in [3.05, 3.63) is 36.1 Å². The maximum Gasteiger partial charge on any atom is 0.317 e. The van der Waals surface area contributed by atoms with Gasteiger partial charge in [0.15, 0.2) is 0 Å². The number of nitrogens with one attached hydrogen (secondary N) is 2. The Kier molecular flexibility index (Phi) is 9.80. The quantitative estimate of drug-likeness (QED) is 0.395. The number of para-hydroxylation sites is 1. The molecule has 0 spiro atoms. The number of benzene rings is 1. The van der Waals surface area contributed by atoms with E-state index in [1.165, 1.54) is 0 Å². The Hall–Kier alpha value is -2.09. The van der Waals surface area contributed by atoms with E-state index in [4.69, 9.17) is 9.15 Å². The number of carbonyl (C=O) groups excluding carboxylic acids is 1. The number of aliphatic hydroxyl groups is 1. The van der Waals surface area contributed by atoms with E-state index < -0.39 is 5.60 Å². The van der Waals surface area contributed by atoms with E-state index in [1.807, 2.05) is 36.2 Å². The van der Waals surface area contributed by atoms with E-state index in [0.717, 1.165) is 55.2 Å². The first-order valence-corrected chi connectivity index (χ1v) is 12.8. The molecule has 1 aromatic carbocycles. The van der Waals surface area contributed by atoms with Crippen molar-refractivity contribution in [1.82, 2.24) is 15.5 Å². The zero-order valence-electron chi connectivity index (χ0n) is 21.3. The zero-order chi connectivity index (χ0) is 24.6. The van der Waals surface area contributed by atoms with Crippen molar-refractivity contribution in [2.24, 2.45) is 11.8 Å². The third-order valence-corrected chi connectivity index (χ3v) is 7.02. The van der Waals surface area contributed by atoms with Crippen LogP contribution in [0.15, 0.2) is 34.9 Å². The molecule has 2 heterocycles. The summed E-state index contributed by atoms with van der Waals surface area (Å²) in [6.45, 7) is 6.99. The van der Waals surface area contributed by atoms with Crippen LogP contribution < -0.4 is 10.6 Å². The van der Waals surface area contributed by atoms with Crippen LogP contribution in [0.25, 0.3) is 11.0 Å². The number of hydrogen-bond donors (Lipinski definition) is 3. The van der Waals surface area contributed by atoms with Crippen molar-refractivity contribution in [1.29, 1.82) is 0 Å². The summed E-state index contributed by atoms with van der Waals surface area (Å²) in [5, 5.41) is 19.6. The Morgan fingerprint density at radius 1 is 1.32 bits per heavy atom. The van der Waals surface area contributed by atoms with Crippen molar-refractivity contribution in [2.75, 3.05) is 40.4 Å². The van der Waals surface area contributed by atoms with E-state index in [9.17, 15) is 9.90 Å². The lowest BCUT2D eigenvalue weighted by atomic mass is 9.73. The zero-order valence-corrected chi connectivity index (χ0v) is 21.3. The molecule has 1 aliphatic heterocycles. The van der Waals surface area contributed by atoms with E-state index in [2.05, 4.69) is 24.5 Å². The van der Waals surface area contributed by atoms with Crippen LogP contribution in [0.5, 0.6) is 0 Å². The number of likely N-dealkylation sites (N-methyl/N-ethyl adjacent to an activating group) is 1. The molecule has 34 heavy (non-hydrogen) atoms. The highest BCUT2D eigenvalue weighted by Crippen LogP contribution is 2.42. The van der Waals surface area contributed by atoms with Gasteiger partial charge < -0.3 is 29.8 Å². The summed E-state index contributed by atoms with van der Waals surface area (Å²) in [5.41, 5.74) is 0.490. The lowest BCUT2D eigenvalue weighted by Gasteiger charge is -2.43. The summed E-state index contributed by atoms with van der Waals surface area (Å²) >= 11 is 0. The molecule has 2 amide bonds. The van der Waals surface area contributed by atoms with Crippen LogP contribution in [0.4, 0.5) is 4.79 Å². The number of urea groups is 1. The minimum Gasteiger partial charge on any atom is -0.464 e. The molecule has 1 saturated heterocycles. The first kappa shape index (κ1) is 26.5. The van der Waals surface area contributed by atoms with Gasteiger partial charge in [-0.2, -0.15) is 0 Å². The predicted octanol–water partition coefficient (Wildman–Crippen LogP) is 4.49. The Morgan fingerprint density at radius 2 is 2.15 bits per heavy atom. The van der Waals surface area contributed by atoms with E-state index in [1.54, 1.807) is 13.4 Å². The monoisotopic (exact) mass is 473 g/mol. The van der Waals surface area contributed by atoms with Gasteiger partial charge in [-0.05, 0) is 57.6 Å². The standard InChI is InChI=1S/C27H43N3O4/c1-20(2)17-23(18-28-3)29-26(31)30-14-8-10-22(19-30)27(32,13-5-6-15-33-4)24-11-7-9-21-12-16-34-25(21)24/h7,9,11-12,16,20,22-23,28,32H,5-6,8,10,13-15,17-19H2,1-4H3,(H,29,31)/t22-,23+,27+/m1/s1. The van der Waals surface area contributed by atoms with Gasteiger partial charge in [-0.3, -0.25) is 0 Å². The largest absolute Gasteiger partial charge is 0.464 e. The summed E-state index contributed by atoms with van der Waals surface area (Å²) in [6.07, 6.45) is 6.66. The van der Waals surface area contributed by atoms with Gasteiger partial charge in [0.1, 0.15) is 5.58 Å². The average Bonchev–Trinajstić information content (AvgIpc) is 3.30. The van der Waals surface area contributed by atoms with Gasteiger partial charge in [0, 0.05) is 56.3 Å². The number of likely N-dealkylation sites (tertiary alicyclic amines) is 1. The molecule has 1 aromatic heterocycles. The number of unbranched alkanes of at least 4 members (excludes halogenated alkanes) is 1. The molecule has 3 atom stereocenters. The Bertz CT molecular complexity index is 899. The molecular weight excluding hydrogens is 430 g/mol. The normalized spacial score (nSPS) is 19.4. The molecule has 190 valence electrons. The van der Waals surface area contributed by atoms with Crippen molar-refractivity contribution in [3.63, 3.8) is 0 Å². The number of carbonyl (C=O) groups is 1. The van der Waals surface area contributed by atoms with Gasteiger partial charge in [-0.15, -0.1) is 0 Å². The van der Waals surface area contributed by atoms with Crippen LogP contribution >= 0.6 is 0 Å². The highest BCUT2D eigenvalue weighted by molar-refractivity contribution is 5.81. The highest BCUT2D eigenvalue weighted by atomic mass is 16.5. The molecule has 0 unspecified atom stereocenters. The fraction of sp³-hybridized carbons (Fsp3) is 0.667. The fourth-order valence-corrected chi connectivity index (χ4v) is 5.36. The summed E-state index contributed by atoms with van der Waals surface area (Å²) in [7, 11) is 3.61. The van der Waals surface area contributed by atoms with Gasteiger partial charge in [0.25, 0.3) is 0 Å². The molecule has 0 aliphatic carbocycles.